The highest BCUT2D eigenvalue weighted by Gasteiger charge is 2.30. The van der Waals surface area contributed by atoms with Crippen LogP contribution in [0, 0.1) is 0 Å². The molecular weight excluding hydrogens is 376 g/mol. The van der Waals surface area contributed by atoms with Crippen LogP contribution in [-0.2, 0) is 10.0 Å². The number of carbonyl (C=O) groups is 1. The van der Waals surface area contributed by atoms with Gasteiger partial charge in [0.15, 0.2) is 0 Å². The van der Waals surface area contributed by atoms with Gasteiger partial charge >= 0.3 is 0 Å². The van der Waals surface area contributed by atoms with Crippen LogP contribution in [0.15, 0.2) is 46.7 Å². The van der Waals surface area contributed by atoms with Crippen molar-refractivity contribution in [1.29, 1.82) is 0 Å². The summed E-state index contributed by atoms with van der Waals surface area (Å²) in [6, 6.07) is 10.1. The number of rotatable bonds is 5. The van der Waals surface area contributed by atoms with Gasteiger partial charge in [0.1, 0.15) is 4.88 Å². The number of hydrogen-bond acceptors (Lipinski definition) is 5. The van der Waals surface area contributed by atoms with Crippen molar-refractivity contribution in [3.05, 3.63) is 46.7 Å². The first-order chi connectivity index (χ1) is 12.1. The number of carbonyl (C=O) groups excluding carboxylic acids is 1. The number of benzene rings is 1. The van der Waals surface area contributed by atoms with Crippen LogP contribution in [0.1, 0.15) is 16.6 Å². The van der Waals surface area contributed by atoms with Gasteiger partial charge in [-0.1, -0.05) is 18.2 Å². The van der Waals surface area contributed by atoms with Crippen molar-refractivity contribution in [2.75, 3.05) is 35.4 Å². The molecule has 2 heterocycles. The molecule has 8 heteroatoms. The average Bonchev–Trinajstić information content (AvgIpc) is 3.12. The minimum Gasteiger partial charge on any atom is -0.336 e. The molecule has 5 nitrogen and oxygen atoms in total. The first kappa shape index (κ1) is 18.3. The fourth-order valence-electron chi connectivity index (χ4n) is 2.76. The van der Waals surface area contributed by atoms with Crippen molar-refractivity contribution >= 4 is 44.7 Å². The van der Waals surface area contributed by atoms with Gasteiger partial charge < -0.3 is 4.90 Å². The number of nitrogens with zero attached hydrogens (tertiary/aromatic N) is 2. The van der Waals surface area contributed by atoms with Crippen LogP contribution < -0.4 is 4.31 Å². The molecule has 25 heavy (non-hydrogen) atoms. The molecule has 0 saturated carbocycles. The molecule has 3 rings (SSSR count). The minimum absolute atomic E-state index is 0.0768. The van der Waals surface area contributed by atoms with Crippen LogP contribution in [-0.4, -0.2) is 50.4 Å². The van der Waals surface area contributed by atoms with Gasteiger partial charge in [0.2, 0.25) is 0 Å². The van der Waals surface area contributed by atoms with E-state index in [1.54, 1.807) is 48.7 Å². The summed E-state index contributed by atoms with van der Waals surface area (Å²) >= 11 is 3.14. The third-order valence-corrected chi connectivity index (χ3v) is 7.76. The fraction of sp³-hybridized carbons (Fsp3) is 0.353. The van der Waals surface area contributed by atoms with Crippen molar-refractivity contribution in [2.45, 2.75) is 11.8 Å². The number of thioether (sulfide) groups is 1. The Morgan fingerprint density at radius 3 is 2.48 bits per heavy atom. The zero-order valence-electron chi connectivity index (χ0n) is 13.9. The summed E-state index contributed by atoms with van der Waals surface area (Å²) < 4.78 is 27.4. The second kappa shape index (κ2) is 7.80. The highest BCUT2D eigenvalue weighted by Crippen LogP contribution is 2.32. The van der Waals surface area contributed by atoms with Gasteiger partial charge in [0.25, 0.3) is 15.9 Å². The zero-order valence-corrected chi connectivity index (χ0v) is 16.4. The van der Waals surface area contributed by atoms with E-state index in [0.717, 1.165) is 11.5 Å². The van der Waals surface area contributed by atoms with Crippen molar-refractivity contribution in [3.63, 3.8) is 0 Å². The SMILES string of the molecule is CCN(c1ccsc1C(=O)N1CCSCC1)S(=O)(=O)c1ccccc1. The molecule has 2 aromatic rings. The van der Waals surface area contributed by atoms with Crippen LogP contribution in [0.25, 0.3) is 0 Å². The quantitative estimate of drug-likeness (QED) is 0.779. The smallest absolute Gasteiger partial charge is 0.266 e. The van der Waals surface area contributed by atoms with Crippen molar-refractivity contribution in [2.24, 2.45) is 0 Å². The lowest BCUT2D eigenvalue weighted by Gasteiger charge is -2.28. The van der Waals surface area contributed by atoms with Crippen molar-refractivity contribution < 1.29 is 13.2 Å². The standard InChI is InChI=1S/C17H20N2O3S3/c1-2-19(25(21,22)14-6-4-3-5-7-14)15-8-11-24-16(15)17(20)18-9-12-23-13-10-18/h3-8,11H,2,9-10,12-13H2,1H3. The summed E-state index contributed by atoms with van der Waals surface area (Å²) in [5.74, 6) is 1.77. The van der Waals surface area contributed by atoms with Crippen LogP contribution in [0.4, 0.5) is 5.69 Å². The molecule has 1 fully saturated rings. The summed E-state index contributed by atoms with van der Waals surface area (Å²) in [7, 11) is -3.70. The summed E-state index contributed by atoms with van der Waals surface area (Å²) in [6.45, 7) is 3.46. The maximum Gasteiger partial charge on any atom is 0.266 e. The van der Waals surface area contributed by atoms with Crippen molar-refractivity contribution in [3.8, 4) is 0 Å². The highest BCUT2D eigenvalue weighted by molar-refractivity contribution is 7.99. The van der Waals surface area contributed by atoms with Crippen LogP contribution in [0.5, 0.6) is 0 Å². The van der Waals surface area contributed by atoms with Gasteiger partial charge in [-0.2, -0.15) is 11.8 Å². The molecule has 0 aliphatic carbocycles. The average molecular weight is 397 g/mol. The van der Waals surface area contributed by atoms with E-state index >= 15 is 0 Å². The Kier molecular flexibility index (Phi) is 5.71. The largest absolute Gasteiger partial charge is 0.336 e. The van der Waals surface area contributed by atoms with Gasteiger partial charge in [0, 0.05) is 31.1 Å². The molecule has 0 atom stereocenters. The Bertz CT molecular complexity index is 828. The highest BCUT2D eigenvalue weighted by atomic mass is 32.2. The second-order valence-electron chi connectivity index (χ2n) is 5.52. The van der Waals surface area contributed by atoms with Crippen molar-refractivity contribution in [1.82, 2.24) is 4.90 Å². The number of anilines is 1. The molecule has 0 radical (unpaired) electrons. The number of hydrogen-bond donors (Lipinski definition) is 0. The molecule has 1 aromatic heterocycles. The lowest BCUT2D eigenvalue weighted by molar-refractivity contribution is 0.0778. The lowest BCUT2D eigenvalue weighted by atomic mass is 10.3. The molecule has 1 aromatic carbocycles. The van der Waals surface area contributed by atoms with Gasteiger partial charge in [-0.15, -0.1) is 11.3 Å². The second-order valence-corrected chi connectivity index (χ2v) is 9.53. The molecule has 134 valence electrons. The first-order valence-corrected chi connectivity index (χ1v) is 11.6. The number of amides is 1. The Labute approximate surface area is 156 Å². The maximum atomic E-state index is 13.0. The Morgan fingerprint density at radius 1 is 1.16 bits per heavy atom. The third-order valence-electron chi connectivity index (χ3n) is 4.02. The molecule has 0 unspecified atom stereocenters. The normalized spacial score (nSPS) is 15.2. The van der Waals surface area contributed by atoms with E-state index in [2.05, 4.69) is 0 Å². The molecule has 1 amide bonds. The van der Waals surface area contributed by atoms with E-state index in [0.29, 0.717) is 23.7 Å². The van der Waals surface area contributed by atoms with Gasteiger partial charge in [-0.05, 0) is 30.5 Å². The predicted molar refractivity (Wildman–Crippen MR) is 104 cm³/mol. The van der Waals surface area contributed by atoms with Gasteiger partial charge in [-0.3, -0.25) is 9.10 Å². The van der Waals surface area contributed by atoms with E-state index in [9.17, 15) is 13.2 Å². The molecule has 1 saturated heterocycles. The molecule has 1 aliphatic heterocycles. The summed E-state index contributed by atoms with van der Waals surface area (Å²) in [4.78, 5) is 15.4. The van der Waals surface area contributed by atoms with Crippen LogP contribution >= 0.6 is 23.1 Å². The monoisotopic (exact) mass is 396 g/mol. The molecule has 1 aliphatic rings. The molecular formula is C17H20N2O3S3. The summed E-state index contributed by atoms with van der Waals surface area (Å²) in [6.07, 6.45) is 0. The van der Waals surface area contributed by atoms with E-state index in [1.807, 2.05) is 16.7 Å². The third kappa shape index (κ3) is 3.70. The summed E-state index contributed by atoms with van der Waals surface area (Å²) in [5, 5.41) is 1.78. The Balaban J connectivity index is 1.95. The zero-order chi connectivity index (χ0) is 17.9. The van der Waals surface area contributed by atoms with Crippen LogP contribution in [0.2, 0.25) is 0 Å². The number of thiophene rings is 1. The minimum atomic E-state index is -3.70. The van der Waals surface area contributed by atoms with E-state index in [-0.39, 0.29) is 17.3 Å². The lowest BCUT2D eigenvalue weighted by Crippen LogP contribution is -2.39. The van der Waals surface area contributed by atoms with E-state index in [1.165, 1.54) is 15.6 Å². The molecule has 0 bridgehead atoms. The Hall–Kier alpha value is -1.51. The Morgan fingerprint density at radius 2 is 1.84 bits per heavy atom. The van der Waals surface area contributed by atoms with Gasteiger partial charge in [-0.25, -0.2) is 8.42 Å². The van der Waals surface area contributed by atoms with E-state index < -0.39 is 10.0 Å². The number of sulfonamides is 1. The predicted octanol–water partition coefficient (Wildman–Crippen LogP) is 3.15. The maximum absolute atomic E-state index is 13.0. The fourth-order valence-corrected chi connectivity index (χ4v) is 6.09. The molecule has 0 N–H and O–H groups in total. The van der Waals surface area contributed by atoms with E-state index in [4.69, 9.17) is 0 Å². The first-order valence-electron chi connectivity index (χ1n) is 8.08. The topological polar surface area (TPSA) is 57.7 Å². The van der Waals surface area contributed by atoms with Crippen LogP contribution in [0.3, 0.4) is 0 Å². The van der Waals surface area contributed by atoms with Gasteiger partial charge in [0.05, 0.1) is 10.6 Å². The summed E-state index contributed by atoms with van der Waals surface area (Å²) in [5.41, 5.74) is 0.472. The molecule has 0 spiro atoms.